The molecule has 2 aromatic rings. The fraction of sp³-hybridized carbons (Fsp3) is 0.429. The minimum Gasteiger partial charge on any atom is -0.464 e. The van der Waals surface area contributed by atoms with Crippen LogP contribution in [0, 0.1) is 0 Å². The van der Waals surface area contributed by atoms with E-state index < -0.39 is 16.1 Å². The Morgan fingerprint density at radius 2 is 1.96 bits per heavy atom. The van der Waals surface area contributed by atoms with Crippen molar-refractivity contribution in [3.63, 3.8) is 0 Å². The summed E-state index contributed by atoms with van der Waals surface area (Å²) in [5.41, 5.74) is 0. The highest BCUT2D eigenvalue weighted by Crippen LogP contribution is 2.26. The Hall–Kier alpha value is -1.35. The molecule has 0 unspecified atom stereocenters. The van der Waals surface area contributed by atoms with Crippen molar-refractivity contribution >= 4 is 33.2 Å². The molecule has 24 heavy (non-hydrogen) atoms. The van der Waals surface area contributed by atoms with Crippen LogP contribution in [0.4, 0.5) is 0 Å². The van der Waals surface area contributed by atoms with Gasteiger partial charge in [-0.15, -0.1) is 5.10 Å². The molecule has 1 atom stereocenters. The first kappa shape index (κ1) is 19.0. The molecule has 1 aromatic heterocycles. The first-order valence-electron chi connectivity index (χ1n) is 7.33. The van der Waals surface area contributed by atoms with Crippen molar-refractivity contribution in [3.05, 3.63) is 34.1 Å². The largest absolute Gasteiger partial charge is 0.464 e. The maximum Gasteiger partial charge on any atom is 0.316 e. The number of sulfonamides is 1. The lowest BCUT2D eigenvalue weighted by Gasteiger charge is -2.15. The number of nitrogens with zero attached hydrogens (tertiary/aromatic N) is 3. The third kappa shape index (κ3) is 4.00. The first-order chi connectivity index (χ1) is 11.3. The lowest BCUT2D eigenvalue weighted by atomic mass is 10.3. The van der Waals surface area contributed by atoms with Gasteiger partial charge in [-0.25, -0.2) is 13.1 Å². The molecule has 0 saturated carbocycles. The Morgan fingerprint density at radius 3 is 2.54 bits per heavy atom. The highest BCUT2D eigenvalue weighted by Gasteiger charge is 2.24. The molecule has 0 spiro atoms. The maximum atomic E-state index is 12.5. The molecule has 0 aliphatic carbocycles. The lowest BCUT2D eigenvalue weighted by Crippen LogP contribution is -2.29. The summed E-state index contributed by atoms with van der Waals surface area (Å²) in [7, 11) is -3.79. The molecule has 0 fully saturated rings. The molecule has 10 heteroatoms. The number of hydrogen-bond acceptors (Lipinski definition) is 5. The SMILES string of the molecule is CCOc1nnc([C@@H](C)NS(=O)(=O)c2ccc(Cl)c(Cl)c2)n1CC. The molecule has 0 aliphatic rings. The molecular weight excluding hydrogens is 375 g/mol. The molecule has 2 rings (SSSR count). The fourth-order valence-electron chi connectivity index (χ4n) is 2.15. The van der Waals surface area contributed by atoms with Gasteiger partial charge in [0.1, 0.15) is 0 Å². The van der Waals surface area contributed by atoms with E-state index in [-0.39, 0.29) is 14.9 Å². The van der Waals surface area contributed by atoms with Gasteiger partial charge in [-0.1, -0.05) is 28.3 Å². The van der Waals surface area contributed by atoms with Gasteiger partial charge in [-0.3, -0.25) is 4.57 Å². The van der Waals surface area contributed by atoms with Crippen molar-refractivity contribution in [1.82, 2.24) is 19.5 Å². The van der Waals surface area contributed by atoms with Crippen LogP contribution in [0.25, 0.3) is 0 Å². The van der Waals surface area contributed by atoms with Crippen LogP contribution in [-0.4, -0.2) is 29.8 Å². The topological polar surface area (TPSA) is 86.1 Å². The Kier molecular flexibility index (Phi) is 6.08. The van der Waals surface area contributed by atoms with E-state index in [1.54, 1.807) is 11.5 Å². The monoisotopic (exact) mass is 392 g/mol. The molecule has 1 heterocycles. The number of hydrogen-bond donors (Lipinski definition) is 1. The lowest BCUT2D eigenvalue weighted by molar-refractivity contribution is 0.294. The predicted octanol–water partition coefficient (Wildman–Crippen LogP) is 3.04. The molecule has 1 N–H and O–H groups in total. The van der Waals surface area contributed by atoms with E-state index >= 15 is 0 Å². The summed E-state index contributed by atoms with van der Waals surface area (Å²) in [6.07, 6.45) is 0. The molecule has 132 valence electrons. The van der Waals surface area contributed by atoms with E-state index in [9.17, 15) is 8.42 Å². The number of aromatic nitrogens is 3. The van der Waals surface area contributed by atoms with Crippen molar-refractivity contribution in [3.8, 4) is 6.01 Å². The van der Waals surface area contributed by atoms with Crippen molar-refractivity contribution in [1.29, 1.82) is 0 Å². The van der Waals surface area contributed by atoms with Crippen LogP contribution in [0.5, 0.6) is 6.01 Å². The average Bonchev–Trinajstić information content (AvgIpc) is 2.92. The van der Waals surface area contributed by atoms with Gasteiger partial charge in [-0.2, -0.15) is 0 Å². The normalized spacial score (nSPS) is 13.0. The number of benzene rings is 1. The smallest absolute Gasteiger partial charge is 0.316 e. The van der Waals surface area contributed by atoms with Crippen molar-refractivity contribution in [2.75, 3.05) is 6.61 Å². The van der Waals surface area contributed by atoms with Gasteiger partial charge in [0, 0.05) is 6.54 Å². The van der Waals surface area contributed by atoms with Crippen LogP contribution in [0.15, 0.2) is 23.1 Å². The molecule has 1 aromatic carbocycles. The molecule has 7 nitrogen and oxygen atoms in total. The van der Waals surface area contributed by atoms with Gasteiger partial charge in [-0.05, 0) is 39.0 Å². The summed E-state index contributed by atoms with van der Waals surface area (Å²) in [6.45, 7) is 6.42. The Balaban J connectivity index is 2.28. The van der Waals surface area contributed by atoms with Crippen LogP contribution in [0.3, 0.4) is 0 Å². The van der Waals surface area contributed by atoms with Gasteiger partial charge in [0.25, 0.3) is 0 Å². The highest BCUT2D eigenvalue weighted by molar-refractivity contribution is 7.89. The highest BCUT2D eigenvalue weighted by atomic mass is 35.5. The Morgan fingerprint density at radius 1 is 1.25 bits per heavy atom. The predicted molar refractivity (Wildman–Crippen MR) is 92.1 cm³/mol. The maximum absolute atomic E-state index is 12.5. The van der Waals surface area contributed by atoms with E-state index in [4.69, 9.17) is 27.9 Å². The average molecular weight is 393 g/mol. The summed E-state index contributed by atoms with van der Waals surface area (Å²) in [6, 6.07) is 3.88. The second kappa shape index (κ2) is 7.69. The van der Waals surface area contributed by atoms with E-state index in [0.717, 1.165) is 0 Å². The van der Waals surface area contributed by atoms with E-state index in [2.05, 4.69) is 14.9 Å². The van der Waals surface area contributed by atoms with E-state index in [1.807, 2.05) is 13.8 Å². The van der Waals surface area contributed by atoms with E-state index in [0.29, 0.717) is 25.0 Å². The zero-order chi connectivity index (χ0) is 17.9. The summed E-state index contributed by atoms with van der Waals surface area (Å²) >= 11 is 11.7. The number of ether oxygens (including phenoxy) is 1. The van der Waals surface area contributed by atoms with Gasteiger partial charge in [0.05, 0.1) is 27.6 Å². The number of nitrogens with one attached hydrogen (secondary N) is 1. The van der Waals surface area contributed by atoms with Gasteiger partial charge < -0.3 is 4.74 Å². The van der Waals surface area contributed by atoms with E-state index in [1.165, 1.54) is 18.2 Å². The molecular formula is C14H18Cl2N4O3S. The van der Waals surface area contributed by atoms with Crippen molar-refractivity contribution in [2.45, 2.75) is 38.3 Å². The molecule has 0 saturated heterocycles. The molecule has 0 radical (unpaired) electrons. The summed E-state index contributed by atoms with van der Waals surface area (Å²) < 4.78 is 34.7. The minimum atomic E-state index is -3.79. The van der Waals surface area contributed by atoms with Gasteiger partial charge in [0.15, 0.2) is 5.82 Å². The standard InChI is InChI=1S/C14H18Cl2N4O3S/c1-4-20-13(17-18-14(20)23-5-2)9(3)19-24(21,22)10-6-7-11(15)12(16)8-10/h6-9,19H,4-5H2,1-3H3/t9-/m1/s1. The van der Waals surface area contributed by atoms with Crippen LogP contribution in [-0.2, 0) is 16.6 Å². The zero-order valence-electron chi connectivity index (χ0n) is 13.5. The van der Waals surface area contributed by atoms with Crippen molar-refractivity contribution < 1.29 is 13.2 Å². The minimum absolute atomic E-state index is 0.0244. The number of rotatable bonds is 7. The quantitative estimate of drug-likeness (QED) is 0.782. The Labute approximate surface area is 151 Å². The van der Waals surface area contributed by atoms with Gasteiger partial charge >= 0.3 is 6.01 Å². The second-order valence-corrected chi connectivity index (χ2v) is 7.47. The van der Waals surface area contributed by atoms with Crippen LogP contribution in [0.1, 0.15) is 32.6 Å². The fourth-order valence-corrected chi connectivity index (χ4v) is 3.74. The van der Waals surface area contributed by atoms with Crippen LogP contribution in [0.2, 0.25) is 10.0 Å². The second-order valence-electron chi connectivity index (χ2n) is 4.94. The summed E-state index contributed by atoms with van der Waals surface area (Å²) in [5.74, 6) is 0.463. The molecule has 0 amide bonds. The molecule has 0 bridgehead atoms. The third-order valence-corrected chi connectivity index (χ3v) is 5.53. The van der Waals surface area contributed by atoms with Crippen LogP contribution < -0.4 is 9.46 Å². The van der Waals surface area contributed by atoms with Gasteiger partial charge in [0.2, 0.25) is 10.0 Å². The first-order valence-corrected chi connectivity index (χ1v) is 9.57. The molecule has 0 aliphatic heterocycles. The summed E-state index contributed by atoms with van der Waals surface area (Å²) in [4.78, 5) is 0.0244. The third-order valence-electron chi connectivity index (χ3n) is 3.26. The van der Waals surface area contributed by atoms with Crippen LogP contribution >= 0.6 is 23.2 Å². The zero-order valence-corrected chi connectivity index (χ0v) is 15.8. The summed E-state index contributed by atoms with van der Waals surface area (Å²) in [5, 5.41) is 8.43. The Bertz CT molecular complexity index is 823. The van der Waals surface area contributed by atoms with Crippen molar-refractivity contribution in [2.24, 2.45) is 0 Å². The number of halogens is 2.